The molecule has 0 unspecified atom stereocenters. The Bertz CT molecular complexity index is 1010. The van der Waals surface area contributed by atoms with E-state index in [0.29, 0.717) is 11.4 Å². The average molecular weight is 410 g/mol. The molecule has 0 saturated heterocycles. The van der Waals surface area contributed by atoms with Crippen LogP contribution in [0.2, 0.25) is 10.3 Å². The minimum atomic E-state index is -3.92. The third-order valence-electron chi connectivity index (χ3n) is 3.27. The van der Waals surface area contributed by atoms with E-state index in [0.717, 1.165) is 5.69 Å². The molecule has 0 radical (unpaired) electrons. The van der Waals surface area contributed by atoms with Crippen LogP contribution in [-0.2, 0) is 16.6 Å². The van der Waals surface area contributed by atoms with Crippen molar-refractivity contribution in [1.82, 2.24) is 9.97 Å². The minimum Gasteiger partial charge on any atom is -0.487 e. The van der Waals surface area contributed by atoms with Gasteiger partial charge in [-0.3, -0.25) is 9.71 Å². The van der Waals surface area contributed by atoms with Gasteiger partial charge in [0.1, 0.15) is 22.4 Å². The second-order valence-corrected chi connectivity index (χ2v) is 7.56. The minimum absolute atomic E-state index is 0.110. The largest absolute Gasteiger partial charge is 0.487 e. The molecule has 1 aromatic carbocycles. The summed E-state index contributed by atoms with van der Waals surface area (Å²) in [7, 11) is -3.92. The molecule has 9 heteroatoms. The number of hydrogen-bond acceptors (Lipinski definition) is 5. The number of rotatable bonds is 6. The van der Waals surface area contributed by atoms with Gasteiger partial charge in [-0.1, -0.05) is 35.3 Å². The van der Waals surface area contributed by atoms with Gasteiger partial charge in [0.15, 0.2) is 5.15 Å². The van der Waals surface area contributed by atoms with Crippen molar-refractivity contribution < 1.29 is 13.2 Å². The average Bonchev–Trinajstić information content (AvgIpc) is 2.60. The van der Waals surface area contributed by atoms with Gasteiger partial charge in [0.05, 0.1) is 11.4 Å². The Morgan fingerprint density at radius 3 is 2.62 bits per heavy atom. The van der Waals surface area contributed by atoms with Gasteiger partial charge in [0.2, 0.25) is 0 Å². The summed E-state index contributed by atoms with van der Waals surface area (Å²) in [6.07, 6.45) is 1.67. The van der Waals surface area contributed by atoms with E-state index in [1.807, 2.05) is 18.2 Å². The zero-order valence-electron chi connectivity index (χ0n) is 13.3. The first-order valence-corrected chi connectivity index (χ1v) is 9.65. The highest BCUT2D eigenvalue weighted by Crippen LogP contribution is 2.25. The smallest absolute Gasteiger partial charge is 0.264 e. The molecule has 0 saturated carbocycles. The lowest BCUT2D eigenvalue weighted by atomic mass is 10.3. The fourth-order valence-electron chi connectivity index (χ4n) is 2.10. The molecule has 0 spiro atoms. The molecule has 0 aliphatic heterocycles. The Morgan fingerprint density at radius 2 is 1.88 bits per heavy atom. The molecule has 0 fully saturated rings. The van der Waals surface area contributed by atoms with E-state index in [4.69, 9.17) is 27.9 Å². The van der Waals surface area contributed by atoms with Crippen LogP contribution >= 0.6 is 23.2 Å². The number of halogens is 2. The molecule has 1 N–H and O–H groups in total. The second kappa shape index (κ2) is 7.90. The van der Waals surface area contributed by atoms with Crippen molar-refractivity contribution >= 4 is 38.9 Å². The van der Waals surface area contributed by atoms with E-state index < -0.39 is 10.0 Å². The van der Waals surface area contributed by atoms with Crippen LogP contribution in [0.1, 0.15) is 5.69 Å². The topological polar surface area (TPSA) is 81.2 Å². The SMILES string of the molecule is O=S(=O)(Nc1cccc(OCc2ccccn2)c1)c1ccc(Cl)nc1Cl. The lowest BCUT2D eigenvalue weighted by molar-refractivity contribution is 0.301. The summed E-state index contributed by atoms with van der Waals surface area (Å²) in [6, 6.07) is 14.7. The fourth-order valence-corrected chi connectivity index (χ4v) is 3.81. The number of sulfonamides is 1. The number of pyridine rings is 2. The van der Waals surface area contributed by atoms with Crippen molar-refractivity contribution in [2.24, 2.45) is 0 Å². The van der Waals surface area contributed by atoms with E-state index >= 15 is 0 Å². The zero-order valence-corrected chi connectivity index (χ0v) is 15.6. The predicted octanol–water partition coefficient (Wildman–Crippen LogP) is 4.16. The van der Waals surface area contributed by atoms with Crippen LogP contribution in [0.4, 0.5) is 5.69 Å². The van der Waals surface area contributed by atoms with Gasteiger partial charge in [-0.25, -0.2) is 13.4 Å². The van der Waals surface area contributed by atoms with Crippen molar-refractivity contribution in [3.8, 4) is 5.75 Å². The van der Waals surface area contributed by atoms with E-state index in [1.165, 1.54) is 12.1 Å². The number of benzene rings is 1. The van der Waals surface area contributed by atoms with Crippen LogP contribution < -0.4 is 9.46 Å². The third kappa shape index (κ3) is 4.63. The summed E-state index contributed by atoms with van der Waals surface area (Å²) in [5.41, 5.74) is 1.09. The van der Waals surface area contributed by atoms with E-state index in [1.54, 1.807) is 30.5 Å². The quantitative estimate of drug-likeness (QED) is 0.617. The van der Waals surface area contributed by atoms with Crippen molar-refractivity contribution in [1.29, 1.82) is 0 Å². The first kappa shape index (κ1) is 18.4. The highest BCUT2D eigenvalue weighted by molar-refractivity contribution is 7.92. The van der Waals surface area contributed by atoms with E-state index in [9.17, 15) is 8.42 Å². The van der Waals surface area contributed by atoms with Gasteiger partial charge in [0, 0.05) is 12.3 Å². The van der Waals surface area contributed by atoms with Crippen LogP contribution in [-0.4, -0.2) is 18.4 Å². The number of anilines is 1. The normalized spacial score (nSPS) is 11.2. The number of nitrogens with one attached hydrogen (secondary N) is 1. The number of aromatic nitrogens is 2. The first-order chi connectivity index (χ1) is 12.4. The zero-order chi connectivity index (χ0) is 18.6. The second-order valence-electron chi connectivity index (χ2n) is 5.17. The Balaban J connectivity index is 1.75. The molecule has 2 aromatic heterocycles. The van der Waals surface area contributed by atoms with Crippen molar-refractivity contribution in [2.45, 2.75) is 11.5 Å². The van der Waals surface area contributed by atoms with E-state index in [2.05, 4.69) is 14.7 Å². The lowest BCUT2D eigenvalue weighted by Crippen LogP contribution is -2.14. The lowest BCUT2D eigenvalue weighted by Gasteiger charge is -2.11. The molecule has 0 bridgehead atoms. The summed E-state index contributed by atoms with van der Waals surface area (Å²) in [5.74, 6) is 0.496. The Hall–Kier alpha value is -2.35. The number of hydrogen-bond donors (Lipinski definition) is 1. The summed E-state index contributed by atoms with van der Waals surface area (Å²) >= 11 is 11.6. The molecule has 26 heavy (non-hydrogen) atoms. The Labute approximate surface area is 160 Å². The molecule has 0 amide bonds. The highest BCUT2D eigenvalue weighted by atomic mass is 35.5. The number of ether oxygens (including phenoxy) is 1. The molecule has 134 valence electrons. The molecular formula is C17H13Cl2N3O3S. The van der Waals surface area contributed by atoms with Gasteiger partial charge in [-0.2, -0.15) is 0 Å². The van der Waals surface area contributed by atoms with Gasteiger partial charge in [0.25, 0.3) is 10.0 Å². The third-order valence-corrected chi connectivity index (χ3v) is 5.29. The highest BCUT2D eigenvalue weighted by Gasteiger charge is 2.19. The fraction of sp³-hybridized carbons (Fsp3) is 0.0588. The van der Waals surface area contributed by atoms with Gasteiger partial charge in [-0.15, -0.1) is 0 Å². The molecule has 0 atom stereocenters. The molecular weight excluding hydrogens is 397 g/mol. The summed E-state index contributed by atoms with van der Waals surface area (Å²) in [6.45, 7) is 0.268. The first-order valence-electron chi connectivity index (χ1n) is 7.42. The molecule has 0 aliphatic rings. The van der Waals surface area contributed by atoms with Gasteiger partial charge >= 0.3 is 0 Å². The van der Waals surface area contributed by atoms with Crippen LogP contribution in [0.5, 0.6) is 5.75 Å². The molecule has 3 rings (SSSR count). The monoisotopic (exact) mass is 409 g/mol. The van der Waals surface area contributed by atoms with Crippen molar-refractivity contribution in [3.05, 3.63) is 76.8 Å². The van der Waals surface area contributed by atoms with Crippen LogP contribution in [0.25, 0.3) is 0 Å². The van der Waals surface area contributed by atoms with E-state index in [-0.39, 0.29) is 21.8 Å². The van der Waals surface area contributed by atoms with Crippen molar-refractivity contribution in [2.75, 3.05) is 4.72 Å². The van der Waals surface area contributed by atoms with Crippen LogP contribution in [0, 0.1) is 0 Å². The van der Waals surface area contributed by atoms with Gasteiger partial charge in [-0.05, 0) is 36.4 Å². The maximum Gasteiger partial charge on any atom is 0.264 e. The standard InChI is InChI=1S/C17H13Cl2N3O3S/c18-16-8-7-15(17(19)21-16)26(23,24)22-12-5-3-6-14(10-12)25-11-13-4-1-2-9-20-13/h1-10,22H,11H2. The number of nitrogens with zero attached hydrogens (tertiary/aromatic N) is 2. The maximum absolute atomic E-state index is 12.5. The molecule has 0 aliphatic carbocycles. The summed E-state index contributed by atoms with van der Waals surface area (Å²) < 4.78 is 33.1. The summed E-state index contributed by atoms with van der Waals surface area (Å²) in [5, 5.41) is -0.0913. The van der Waals surface area contributed by atoms with Crippen LogP contribution in [0.3, 0.4) is 0 Å². The Morgan fingerprint density at radius 1 is 1.04 bits per heavy atom. The van der Waals surface area contributed by atoms with Crippen molar-refractivity contribution in [3.63, 3.8) is 0 Å². The van der Waals surface area contributed by atoms with Crippen LogP contribution in [0.15, 0.2) is 65.7 Å². The maximum atomic E-state index is 12.5. The Kier molecular flexibility index (Phi) is 5.61. The molecule has 2 heterocycles. The predicted molar refractivity (Wildman–Crippen MR) is 100 cm³/mol. The molecule has 3 aromatic rings. The van der Waals surface area contributed by atoms with Gasteiger partial charge < -0.3 is 4.74 Å². The summed E-state index contributed by atoms with van der Waals surface area (Å²) in [4.78, 5) is 7.74. The molecule has 6 nitrogen and oxygen atoms in total.